The molecular formula is C31H46O4. The average molecular weight is 483 g/mol. The van der Waals surface area contributed by atoms with E-state index in [0.29, 0.717) is 25.2 Å². The molecule has 0 radical (unpaired) electrons. The van der Waals surface area contributed by atoms with E-state index in [2.05, 4.69) is 13.8 Å². The zero-order valence-electron chi connectivity index (χ0n) is 22.4. The van der Waals surface area contributed by atoms with Crippen LogP contribution in [0.4, 0.5) is 0 Å². The number of hydrogen-bond acceptors (Lipinski definition) is 4. The maximum atomic E-state index is 12.5. The van der Waals surface area contributed by atoms with Crippen molar-refractivity contribution < 1.29 is 19.7 Å². The Hall–Kier alpha value is -2.33. The first-order valence-electron chi connectivity index (χ1n) is 13.6. The van der Waals surface area contributed by atoms with Gasteiger partial charge >= 0.3 is 0 Å². The van der Waals surface area contributed by atoms with E-state index in [1.807, 2.05) is 38.1 Å². The van der Waals surface area contributed by atoms with E-state index in [-0.39, 0.29) is 22.7 Å². The second kappa shape index (κ2) is 14.9. The quantitative estimate of drug-likeness (QED) is 0.175. The molecule has 194 valence electrons. The second-order valence-corrected chi connectivity index (χ2v) is 9.90. The Balaban J connectivity index is 2.26. The molecule has 4 heteroatoms. The summed E-state index contributed by atoms with van der Waals surface area (Å²) in [6.07, 6.45) is 12.7. The highest BCUT2D eigenvalue weighted by molar-refractivity contribution is 5.98. The molecule has 0 aliphatic carbocycles. The molecule has 0 aromatic heterocycles. The minimum Gasteiger partial charge on any atom is -0.508 e. The van der Waals surface area contributed by atoms with Gasteiger partial charge < -0.3 is 14.9 Å². The lowest BCUT2D eigenvalue weighted by molar-refractivity contribution is 0.0985. The van der Waals surface area contributed by atoms with Gasteiger partial charge in [-0.1, -0.05) is 90.7 Å². The summed E-state index contributed by atoms with van der Waals surface area (Å²) >= 11 is 0. The van der Waals surface area contributed by atoms with Crippen molar-refractivity contribution in [2.75, 3.05) is 6.61 Å². The first-order chi connectivity index (χ1) is 16.9. The highest BCUT2D eigenvalue weighted by atomic mass is 16.5. The number of phenols is 2. The molecule has 0 aliphatic rings. The van der Waals surface area contributed by atoms with Crippen molar-refractivity contribution in [3.8, 4) is 11.5 Å². The molecule has 0 saturated carbocycles. The number of carbonyl (C=O) groups excluding carboxylic acids is 1. The largest absolute Gasteiger partial charge is 0.508 e. The molecule has 2 aromatic carbocycles. The fourth-order valence-corrected chi connectivity index (χ4v) is 4.79. The van der Waals surface area contributed by atoms with Gasteiger partial charge in [-0.15, -0.1) is 0 Å². The number of ketones is 1. The summed E-state index contributed by atoms with van der Waals surface area (Å²) in [5, 5.41) is 20.7. The van der Waals surface area contributed by atoms with E-state index in [0.717, 1.165) is 29.5 Å². The van der Waals surface area contributed by atoms with Gasteiger partial charge in [0.1, 0.15) is 11.5 Å². The first kappa shape index (κ1) is 28.9. The van der Waals surface area contributed by atoms with Crippen molar-refractivity contribution in [1.29, 1.82) is 0 Å². The van der Waals surface area contributed by atoms with Gasteiger partial charge in [0.15, 0.2) is 5.78 Å². The van der Waals surface area contributed by atoms with Gasteiger partial charge in [0, 0.05) is 24.0 Å². The number of benzene rings is 2. The third kappa shape index (κ3) is 8.38. The third-order valence-corrected chi connectivity index (χ3v) is 7.21. The number of carbonyl (C=O) groups is 1. The molecule has 2 aromatic rings. The van der Waals surface area contributed by atoms with Crippen LogP contribution in [0.1, 0.15) is 125 Å². The molecule has 0 heterocycles. The van der Waals surface area contributed by atoms with Crippen LogP contribution in [0.2, 0.25) is 0 Å². The molecule has 2 rings (SSSR count). The number of Topliss-reactive ketones (excluding diaryl/α,β-unsaturated/α-hetero) is 1. The second-order valence-electron chi connectivity index (χ2n) is 9.90. The predicted molar refractivity (Wildman–Crippen MR) is 144 cm³/mol. The average Bonchev–Trinajstić information content (AvgIpc) is 2.86. The summed E-state index contributed by atoms with van der Waals surface area (Å²) in [7, 11) is 0. The zero-order chi connectivity index (χ0) is 25.7. The topological polar surface area (TPSA) is 66.8 Å². The molecule has 0 spiro atoms. The molecule has 0 aliphatic heterocycles. The van der Waals surface area contributed by atoms with Gasteiger partial charge in [0.25, 0.3) is 0 Å². The van der Waals surface area contributed by atoms with Crippen LogP contribution in [0.5, 0.6) is 11.5 Å². The van der Waals surface area contributed by atoms with E-state index in [4.69, 9.17) is 4.74 Å². The smallest absolute Gasteiger partial charge is 0.166 e. The molecule has 0 fully saturated rings. The summed E-state index contributed by atoms with van der Waals surface area (Å²) in [5.74, 6) is 0.214. The van der Waals surface area contributed by atoms with E-state index < -0.39 is 0 Å². The molecule has 1 unspecified atom stereocenters. The van der Waals surface area contributed by atoms with Gasteiger partial charge in [0.2, 0.25) is 0 Å². The van der Waals surface area contributed by atoms with Crippen molar-refractivity contribution in [3.05, 3.63) is 58.7 Å². The van der Waals surface area contributed by atoms with Crippen LogP contribution in [0.15, 0.2) is 36.4 Å². The molecular weight excluding hydrogens is 436 g/mol. The van der Waals surface area contributed by atoms with Crippen LogP contribution in [-0.4, -0.2) is 22.6 Å². The van der Waals surface area contributed by atoms with Gasteiger partial charge in [0.05, 0.1) is 12.2 Å². The minimum atomic E-state index is -0.355. The molecule has 2 N–H and O–H groups in total. The van der Waals surface area contributed by atoms with E-state index in [1.165, 1.54) is 51.4 Å². The number of ether oxygens (including phenoxy) is 1. The van der Waals surface area contributed by atoms with Crippen molar-refractivity contribution in [1.82, 2.24) is 0 Å². The molecule has 35 heavy (non-hydrogen) atoms. The lowest BCUT2D eigenvalue weighted by Crippen LogP contribution is -2.24. The van der Waals surface area contributed by atoms with Crippen molar-refractivity contribution in [2.24, 2.45) is 0 Å². The third-order valence-electron chi connectivity index (χ3n) is 7.21. The van der Waals surface area contributed by atoms with Gasteiger partial charge in [-0.05, 0) is 48.7 Å². The first-order valence-corrected chi connectivity index (χ1v) is 13.6. The van der Waals surface area contributed by atoms with Gasteiger partial charge in [-0.3, -0.25) is 4.79 Å². The van der Waals surface area contributed by atoms with E-state index in [1.54, 1.807) is 12.1 Å². The Bertz CT molecular complexity index is 920. The fraction of sp³-hybridized carbons (Fsp3) is 0.581. The summed E-state index contributed by atoms with van der Waals surface area (Å²) in [6, 6.07) is 11.2. The highest BCUT2D eigenvalue weighted by Crippen LogP contribution is 2.40. The highest BCUT2D eigenvalue weighted by Gasteiger charge is 2.30. The number of phenolic OH excluding ortho intramolecular Hbond substituents is 2. The Labute approximate surface area is 212 Å². The Morgan fingerprint density at radius 1 is 0.800 bits per heavy atom. The predicted octanol–water partition coefficient (Wildman–Crippen LogP) is 8.45. The van der Waals surface area contributed by atoms with Crippen molar-refractivity contribution in [2.45, 2.75) is 110 Å². The molecule has 0 saturated heterocycles. The molecule has 1 atom stereocenters. The Morgan fingerprint density at radius 2 is 1.37 bits per heavy atom. The SMILES string of the molecule is CCCCCCCCCCCC(C)(c1ccc(O)c(COCC)c1)c1ccc(O)c(C(=O)CC)c1. The molecule has 0 amide bonds. The van der Waals surface area contributed by atoms with Crippen molar-refractivity contribution in [3.63, 3.8) is 0 Å². The molecule has 4 nitrogen and oxygen atoms in total. The van der Waals surface area contributed by atoms with Crippen LogP contribution in [0.3, 0.4) is 0 Å². The summed E-state index contributed by atoms with van der Waals surface area (Å²) in [4.78, 5) is 12.5. The summed E-state index contributed by atoms with van der Waals surface area (Å²) in [5.41, 5.74) is 2.90. The van der Waals surface area contributed by atoms with E-state index >= 15 is 0 Å². The lowest BCUT2D eigenvalue weighted by Gasteiger charge is -2.32. The Kier molecular flexibility index (Phi) is 12.3. The maximum absolute atomic E-state index is 12.5. The van der Waals surface area contributed by atoms with Gasteiger partial charge in [-0.2, -0.15) is 0 Å². The summed E-state index contributed by atoms with van der Waals surface area (Å²) in [6.45, 7) is 9.16. The van der Waals surface area contributed by atoms with Crippen LogP contribution < -0.4 is 0 Å². The van der Waals surface area contributed by atoms with Crippen LogP contribution in [-0.2, 0) is 16.8 Å². The van der Waals surface area contributed by atoms with Crippen molar-refractivity contribution >= 4 is 5.78 Å². The molecule has 0 bridgehead atoms. The van der Waals surface area contributed by atoms with Crippen LogP contribution in [0.25, 0.3) is 0 Å². The maximum Gasteiger partial charge on any atom is 0.166 e. The fourth-order valence-electron chi connectivity index (χ4n) is 4.79. The Morgan fingerprint density at radius 3 is 1.97 bits per heavy atom. The van der Waals surface area contributed by atoms with Crippen LogP contribution >= 0.6 is 0 Å². The number of aromatic hydroxyl groups is 2. The number of rotatable bonds is 17. The lowest BCUT2D eigenvalue weighted by atomic mass is 9.71. The van der Waals surface area contributed by atoms with Crippen LogP contribution in [0, 0.1) is 0 Å². The minimum absolute atomic E-state index is 0.0359. The normalized spacial score (nSPS) is 13.0. The number of hydrogen-bond donors (Lipinski definition) is 2. The summed E-state index contributed by atoms with van der Waals surface area (Å²) < 4.78 is 5.58. The number of unbranched alkanes of at least 4 members (excludes halogenated alkanes) is 8. The standard InChI is InChI=1S/C31H46O4/c1-5-8-9-10-11-12-13-14-15-20-31(4,25-16-18-29(33)24(21-25)23-35-7-3)26-17-19-30(34)27(22-26)28(32)6-2/h16-19,21-22,33-34H,5-15,20,23H2,1-4H3. The van der Waals surface area contributed by atoms with Gasteiger partial charge in [-0.25, -0.2) is 0 Å². The zero-order valence-corrected chi connectivity index (χ0v) is 22.4. The van der Waals surface area contributed by atoms with E-state index in [9.17, 15) is 15.0 Å². The monoisotopic (exact) mass is 482 g/mol.